The fourth-order valence-electron chi connectivity index (χ4n) is 3.96. The molecule has 1 saturated carbocycles. The second-order valence-corrected chi connectivity index (χ2v) is 9.65. The van der Waals surface area contributed by atoms with Gasteiger partial charge in [0, 0.05) is 18.5 Å². The Bertz CT molecular complexity index is 915. The molecule has 1 N–H and O–H groups in total. The second kappa shape index (κ2) is 8.89. The summed E-state index contributed by atoms with van der Waals surface area (Å²) in [6.45, 7) is 2.70. The molecule has 0 radical (unpaired) electrons. The van der Waals surface area contributed by atoms with Crippen molar-refractivity contribution < 1.29 is 22.9 Å². The number of nitrogens with one attached hydrogen (secondary N) is 1. The standard InChI is InChI=1S/C22H26F2N2O3S/c1-13(2)16-7-5-6-8-17(16)22(11-15(12-22)30(4)28)20(27)26-18-10-9-14(3)25-19(18)29-21(23)24/h5-10,13,15,21H,11-12H2,1-4H3,(H,26,27). The molecule has 1 aliphatic rings. The number of nitrogens with zero attached hydrogens (tertiary/aromatic N) is 1. The smallest absolute Gasteiger partial charge is 0.388 e. The molecule has 1 amide bonds. The molecule has 1 heterocycles. The zero-order valence-corrected chi connectivity index (χ0v) is 18.3. The van der Waals surface area contributed by atoms with E-state index in [0.29, 0.717) is 18.5 Å². The number of rotatable bonds is 7. The lowest BCUT2D eigenvalue weighted by molar-refractivity contribution is -0.124. The summed E-state index contributed by atoms with van der Waals surface area (Å²) in [4.78, 5) is 17.5. The van der Waals surface area contributed by atoms with E-state index in [4.69, 9.17) is 0 Å². The Hall–Kier alpha value is -2.19. The number of alkyl halides is 2. The lowest BCUT2D eigenvalue weighted by Crippen LogP contribution is -2.55. The topological polar surface area (TPSA) is 74.3 Å². The molecule has 8 heteroatoms. The van der Waals surface area contributed by atoms with Gasteiger partial charge in [0.1, 0.15) is 10.9 Å². The molecule has 30 heavy (non-hydrogen) atoms. The predicted molar refractivity (Wildman–Crippen MR) is 114 cm³/mol. The molecular formula is C22H26F2N2O3S. The monoisotopic (exact) mass is 436 g/mol. The van der Waals surface area contributed by atoms with Crippen LogP contribution in [-0.4, -0.2) is 33.6 Å². The quantitative estimate of drug-likeness (QED) is 0.647. The fourth-order valence-corrected chi connectivity index (χ4v) is 5.00. The van der Waals surface area contributed by atoms with Crippen LogP contribution in [0.3, 0.4) is 0 Å². The van der Waals surface area contributed by atoms with Gasteiger partial charge in [-0.2, -0.15) is 8.78 Å². The number of anilines is 1. The van der Waals surface area contributed by atoms with Crippen LogP contribution in [-0.2, 0) is 21.4 Å². The molecule has 2 aromatic rings. The Morgan fingerprint density at radius 3 is 2.53 bits per heavy atom. The van der Waals surface area contributed by atoms with Crippen molar-refractivity contribution in [2.45, 2.75) is 56.8 Å². The van der Waals surface area contributed by atoms with Gasteiger partial charge in [-0.05, 0) is 36.1 Å². The fraction of sp³-hybridized carbons (Fsp3) is 0.455. The van der Waals surface area contributed by atoms with Gasteiger partial charge in [0.2, 0.25) is 11.8 Å². The van der Waals surface area contributed by atoms with Crippen molar-refractivity contribution in [2.75, 3.05) is 11.6 Å². The van der Waals surface area contributed by atoms with Gasteiger partial charge in [-0.3, -0.25) is 4.79 Å². The molecule has 0 bridgehead atoms. The van der Waals surface area contributed by atoms with Crippen molar-refractivity contribution in [3.63, 3.8) is 0 Å². The molecule has 1 aliphatic carbocycles. The Balaban J connectivity index is 1.98. The zero-order valence-electron chi connectivity index (χ0n) is 17.4. The molecule has 1 unspecified atom stereocenters. The first-order valence-electron chi connectivity index (χ1n) is 9.79. The van der Waals surface area contributed by atoms with Gasteiger partial charge in [0.15, 0.2) is 0 Å². The molecule has 0 spiro atoms. The van der Waals surface area contributed by atoms with E-state index in [1.54, 1.807) is 19.2 Å². The third-order valence-corrected chi connectivity index (χ3v) is 6.88. The molecule has 1 aromatic heterocycles. The minimum Gasteiger partial charge on any atom is -0.616 e. The lowest BCUT2D eigenvalue weighted by atomic mass is 9.61. The number of aromatic nitrogens is 1. The lowest BCUT2D eigenvalue weighted by Gasteiger charge is -2.46. The van der Waals surface area contributed by atoms with Gasteiger partial charge in [-0.1, -0.05) is 49.3 Å². The van der Waals surface area contributed by atoms with E-state index in [1.165, 1.54) is 6.07 Å². The van der Waals surface area contributed by atoms with E-state index in [1.807, 2.05) is 24.3 Å². The summed E-state index contributed by atoms with van der Waals surface area (Å²) in [6.07, 6.45) is 2.49. The van der Waals surface area contributed by atoms with Crippen LogP contribution < -0.4 is 10.1 Å². The molecule has 162 valence electrons. The molecule has 1 fully saturated rings. The van der Waals surface area contributed by atoms with Crippen LogP contribution >= 0.6 is 0 Å². The first-order chi connectivity index (χ1) is 14.1. The maximum atomic E-state index is 13.5. The number of aryl methyl sites for hydroxylation is 1. The van der Waals surface area contributed by atoms with E-state index in [-0.39, 0.29) is 28.6 Å². The molecule has 5 nitrogen and oxygen atoms in total. The van der Waals surface area contributed by atoms with E-state index in [9.17, 15) is 18.1 Å². The Kier molecular flexibility index (Phi) is 6.67. The van der Waals surface area contributed by atoms with Crippen molar-refractivity contribution in [3.8, 4) is 5.88 Å². The summed E-state index contributed by atoms with van der Waals surface area (Å²) in [5, 5.41) is 2.66. The SMILES string of the molecule is Cc1ccc(NC(=O)C2(c3ccccc3C(C)C)CC([S+](C)[O-])C2)c(OC(F)F)n1. The molecule has 3 rings (SSSR count). The number of halogens is 2. The number of benzene rings is 1. The summed E-state index contributed by atoms with van der Waals surface area (Å²) in [5.74, 6) is -0.460. The molecule has 0 saturated heterocycles. The van der Waals surface area contributed by atoms with Gasteiger partial charge in [0.25, 0.3) is 0 Å². The number of hydrogen-bond donors (Lipinski definition) is 1. The summed E-state index contributed by atoms with van der Waals surface area (Å²) >= 11 is -1.06. The largest absolute Gasteiger partial charge is 0.616 e. The summed E-state index contributed by atoms with van der Waals surface area (Å²) in [7, 11) is 0. The van der Waals surface area contributed by atoms with Crippen LogP contribution in [0.25, 0.3) is 0 Å². The minimum atomic E-state index is -3.05. The van der Waals surface area contributed by atoms with E-state index >= 15 is 0 Å². The third kappa shape index (κ3) is 4.44. The third-order valence-electron chi connectivity index (χ3n) is 5.60. The summed E-state index contributed by atoms with van der Waals surface area (Å²) in [5.41, 5.74) is 1.63. The van der Waals surface area contributed by atoms with Crippen LogP contribution in [0.5, 0.6) is 5.88 Å². The summed E-state index contributed by atoms with van der Waals surface area (Å²) < 4.78 is 42.2. The van der Waals surface area contributed by atoms with Gasteiger partial charge in [0.05, 0.1) is 11.7 Å². The first kappa shape index (κ1) is 22.5. The highest BCUT2D eigenvalue weighted by Crippen LogP contribution is 2.49. The minimum absolute atomic E-state index is 0.0911. The number of carbonyl (C=O) groups excluding carboxylic acids is 1. The van der Waals surface area contributed by atoms with Crippen LogP contribution in [0.1, 0.15) is 49.4 Å². The molecule has 1 aromatic carbocycles. The van der Waals surface area contributed by atoms with Crippen LogP contribution in [0.15, 0.2) is 36.4 Å². The van der Waals surface area contributed by atoms with E-state index < -0.39 is 23.2 Å². The van der Waals surface area contributed by atoms with Crippen molar-refractivity contribution in [1.29, 1.82) is 0 Å². The van der Waals surface area contributed by atoms with Gasteiger partial charge in [-0.15, -0.1) is 0 Å². The highest BCUT2D eigenvalue weighted by atomic mass is 32.2. The van der Waals surface area contributed by atoms with E-state index in [2.05, 4.69) is 28.9 Å². The number of carbonyl (C=O) groups is 1. The molecular weight excluding hydrogens is 410 g/mol. The van der Waals surface area contributed by atoms with Crippen molar-refractivity contribution >= 4 is 22.8 Å². The highest BCUT2D eigenvalue weighted by Gasteiger charge is 2.56. The van der Waals surface area contributed by atoms with Crippen molar-refractivity contribution in [3.05, 3.63) is 53.2 Å². The Morgan fingerprint density at radius 1 is 1.27 bits per heavy atom. The van der Waals surface area contributed by atoms with Crippen molar-refractivity contribution in [1.82, 2.24) is 4.98 Å². The number of ether oxygens (including phenoxy) is 1. The average molecular weight is 437 g/mol. The van der Waals surface area contributed by atoms with Crippen LogP contribution in [0.4, 0.5) is 14.5 Å². The average Bonchev–Trinajstić information content (AvgIpc) is 2.62. The van der Waals surface area contributed by atoms with Gasteiger partial charge < -0.3 is 14.6 Å². The highest BCUT2D eigenvalue weighted by molar-refractivity contribution is 7.91. The molecule has 0 aliphatic heterocycles. The number of amides is 1. The van der Waals surface area contributed by atoms with Crippen molar-refractivity contribution in [2.24, 2.45) is 0 Å². The van der Waals surface area contributed by atoms with Gasteiger partial charge >= 0.3 is 6.61 Å². The normalized spacial score (nSPS) is 22.0. The maximum absolute atomic E-state index is 13.5. The number of pyridine rings is 1. The zero-order chi connectivity index (χ0) is 22.1. The molecule has 1 atom stereocenters. The van der Waals surface area contributed by atoms with Crippen LogP contribution in [0, 0.1) is 6.92 Å². The number of hydrogen-bond acceptors (Lipinski definition) is 4. The Morgan fingerprint density at radius 2 is 1.93 bits per heavy atom. The van der Waals surface area contributed by atoms with Gasteiger partial charge in [-0.25, -0.2) is 4.98 Å². The Labute approximate surface area is 178 Å². The predicted octanol–water partition coefficient (Wildman–Crippen LogP) is 4.53. The summed E-state index contributed by atoms with van der Waals surface area (Å²) in [6, 6.07) is 10.8. The second-order valence-electron chi connectivity index (χ2n) is 7.99. The van der Waals surface area contributed by atoms with Crippen LogP contribution in [0.2, 0.25) is 0 Å². The maximum Gasteiger partial charge on any atom is 0.388 e. The first-order valence-corrected chi connectivity index (χ1v) is 11.4. The van der Waals surface area contributed by atoms with E-state index in [0.717, 1.165) is 11.1 Å².